The third kappa shape index (κ3) is 4.92. The molecule has 2 aromatic heterocycles. The molecule has 0 saturated carbocycles. The van der Waals surface area contributed by atoms with Gasteiger partial charge < -0.3 is 9.15 Å². The van der Waals surface area contributed by atoms with Gasteiger partial charge in [0.05, 0.1) is 11.4 Å². The summed E-state index contributed by atoms with van der Waals surface area (Å²) in [6, 6.07) is 8.68. The number of benzene rings is 1. The van der Waals surface area contributed by atoms with Gasteiger partial charge in [-0.1, -0.05) is 0 Å². The Balaban J connectivity index is 1.67. The van der Waals surface area contributed by atoms with Crippen LogP contribution in [0.2, 0.25) is 0 Å². The molecule has 0 unspecified atom stereocenters. The van der Waals surface area contributed by atoms with Crippen LogP contribution < -0.4 is 0 Å². The molecule has 3 rings (SSSR count). The summed E-state index contributed by atoms with van der Waals surface area (Å²) in [5.74, 6) is -0.753. The van der Waals surface area contributed by atoms with Crippen LogP contribution in [0.5, 0.6) is 0 Å². The fourth-order valence-electron chi connectivity index (χ4n) is 2.83. The van der Waals surface area contributed by atoms with E-state index in [0.29, 0.717) is 11.4 Å². The number of halogens is 1. The van der Waals surface area contributed by atoms with Gasteiger partial charge in [0.2, 0.25) is 5.09 Å². The number of carbonyl (C=O) groups is 1. The molecule has 31 heavy (non-hydrogen) atoms. The highest BCUT2D eigenvalue weighted by Crippen LogP contribution is 2.20. The molecular formula is C21H22FN3O5S. The van der Waals surface area contributed by atoms with E-state index in [1.807, 2.05) is 6.92 Å². The van der Waals surface area contributed by atoms with Gasteiger partial charge in [-0.3, -0.25) is 0 Å². The van der Waals surface area contributed by atoms with E-state index in [1.165, 1.54) is 44.4 Å². The van der Waals surface area contributed by atoms with Crippen LogP contribution in [0.3, 0.4) is 0 Å². The summed E-state index contributed by atoms with van der Waals surface area (Å²) in [5, 5.41) is 4.21. The molecule has 0 amide bonds. The van der Waals surface area contributed by atoms with Gasteiger partial charge in [-0.25, -0.2) is 26.6 Å². The highest BCUT2D eigenvalue weighted by Gasteiger charge is 2.21. The molecule has 0 fully saturated rings. The van der Waals surface area contributed by atoms with Crippen molar-refractivity contribution in [2.45, 2.75) is 25.5 Å². The molecule has 0 spiro atoms. The van der Waals surface area contributed by atoms with E-state index in [2.05, 4.69) is 5.10 Å². The minimum Gasteiger partial charge on any atom is -0.454 e. The molecule has 1 aromatic carbocycles. The van der Waals surface area contributed by atoms with Crippen LogP contribution >= 0.6 is 0 Å². The van der Waals surface area contributed by atoms with Crippen LogP contribution in [0.25, 0.3) is 11.8 Å². The molecule has 164 valence electrons. The number of sulfonamides is 1. The Morgan fingerprint density at radius 1 is 1.19 bits per heavy atom. The smallest absolute Gasteiger partial charge is 0.331 e. The molecule has 0 saturated heterocycles. The minimum absolute atomic E-state index is 0.207. The maximum Gasteiger partial charge on any atom is 0.331 e. The standard InChI is InChI=1S/C21H22FN3O5S/c1-14-19(15(2)25(23-14)17-7-5-16(22)6-8-17)10-11-20(26)29-13-18-9-12-21(30-18)31(27,28)24(3)4/h5-12H,13H2,1-4H3/b11-10+. The van der Waals surface area contributed by atoms with E-state index in [-0.39, 0.29) is 23.3 Å². The maximum absolute atomic E-state index is 13.2. The zero-order valence-electron chi connectivity index (χ0n) is 17.5. The summed E-state index contributed by atoms with van der Waals surface area (Å²) in [4.78, 5) is 12.1. The van der Waals surface area contributed by atoms with Crippen LogP contribution in [-0.4, -0.2) is 42.6 Å². The lowest BCUT2D eigenvalue weighted by Gasteiger charge is -2.07. The highest BCUT2D eigenvalue weighted by molar-refractivity contribution is 7.88. The zero-order valence-corrected chi connectivity index (χ0v) is 18.3. The summed E-state index contributed by atoms with van der Waals surface area (Å²) < 4.78 is 50.3. The second-order valence-corrected chi connectivity index (χ2v) is 9.00. The second kappa shape index (κ2) is 8.86. The van der Waals surface area contributed by atoms with Crippen LogP contribution in [0.1, 0.15) is 22.7 Å². The Labute approximate surface area is 179 Å². The molecule has 2 heterocycles. The molecule has 0 aliphatic rings. The lowest BCUT2D eigenvalue weighted by molar-refractivity contribution is -0.139. The number of ether oxygens (including phenoxy) is 1. The minimum atomic E-state index is -3.69. The SMILES string of the molecule is Cc1nn(-c2ccc(F)cc2)c(C)c1/C=C/C(=O)OCc1ccc(S(=O)(=O)N(C)C)o1. The summed E-state index contributed by atoms with van der Waals surface area (Å²) in [7, 11) is -0.905. The Bertz CT molecular complexity index is 1220. The Morgan fingerprint density at radius 3 is 2.52 bits per heavy atom. The van der Waals surface area contributed by atoms with Crippen molar-refractivity contribution in [3.8, 4) is 5.69 Å². The first-order chi connectivity index (χ1) is 14.6. The van der Waals surface area contributed by atoms with Crippen molar-refractivity contribution in [3.05, 3.63) is 71.0 Å². The lowest BCUT2D eigenvalue weighted by atomic mass is 10.2. The molecular weight excluding hydrogens is 425 g/mol. The normalized spacial score (nSPS) is 12.1. The fraction of sp³-hybridized carbons (Fsp3) is 0.238. The van der Waals surface area contributed by atoms with Gasteiger partial charge in [-0.15, -0.1) is 0 Å². The summed E-state index contributed by atoms with van der Waals surface area (Å²) in [6.07, 6.45) is 2.84. The number of aryl methyl sites for hydroxylation is 1. The van der Waals surface area contributed by atoms with E-state index < -0.39 is 16.0 Å². The predicted octanol–water partition coefficient (Wildman–Crippen LogP) is 3.23. The Morgan fingerprint density at radius 2 is 1.87 bits per heavy atom. The molecule has 0 aliphatic heterocycles. The first kappa shape index (κ1) is 22.4. The van der Waals surface area contributed by atoms with Crippen molar-refractivity contribution in [1.29, 1.82) is 0 Å². The lowest BCUT2D eigenvalue weighted by Crippen LogP contribution is -2.21. The topological polar surface area (TPSA) is 94.6 Å². The van der Waals surface area contributed by atoms with Gasteiger partial charge in [0.1, 0.15) is 18.2 Å². The maximum atomic E-state index is 13.2. The van der Waals surface area contributed by atoms with Crippen molar-refractivity contribution in [3.63, 3.8) is 0 Å². The number of hydrogen-bond acceptors (Lipinski definition) is 6. The van der Waals surface area contributed by atoms with E-state index in [1.54, 1.807) is 29.8 Å². The van der Waals surface area contributed by atoms with E-state index >= 15 is 0 Å². The van der Waals surface area contributed by atoms with Crippen molar-refractivity contribution >= 4 is 22.1 Å². The van der Waals surface area contributed by atoms with Gasteiger partial charge in [-0.2, -0.15) is 5.10 Å². The quantitative estimate of drug-likeness (QED) is 0.408. The molecule has 0 aliphatic carbocycles. The van der Waals surface area contributed by atoms with Gasteiger partial charge >= 0.3 is 5.97 Å². The predicted molar refractivity (Wildman–Crippen MR) is 111 cm³/mol. The third-order valence-electron chi connectivity index (χ3n) is 4.53. The van der Waals surface area contributed by atoms with Crippen molar-refractivity contribution in [1.82, 2.24) is 14.1 Å². The van der Waals surface area contributed by atoms with Crippen LogP contribution in [0, 0.1) is 19.7 Å². The molecule has 0 radical (unpaired) electrons. The van der Waals surface area contributed by atoms with E-state index in [0.717, 1.165) is 15.6 Å². The highest BCUT2D eigenvalue weighted by atomic mass is 32.2. The van der Waals surface area contributed by atoms with Crippen molar-refractivity contribution < 1.29 is 26.8 Å². The number of esters is 1. The van der Waals surface area contributed by atoms with Gasteiger partial charge in [0, 0.05) is 31.4 Å². The first-order valence-electron chi connectivity index (χ1n) is 9.28. The average Bonchev–Trinajstić information content (AvgIpc) is 3.31. The number of hydrogen-bond donors (Lipinski definition) is 0. The zero-order chi connectivity index (χ0) is 22.8. The van der Waals surface area contributed by atoms with E-state index in [9.17, 15) is 17.6 Å². The number of carbonyl (C=O) groups excluding carboxylic acids is 1. The average molecular weight is 447 g/mol. The van der Waals surface area contributed by atoms with Gasteiger partial charge in [-0.05, 0) is 56.3 Å². The summed E-state index contributed by atoms with van der Waals surface area (Å²) >= 11 is 0. The molecule has 0 bridgehead atoms. The molecule has 8 nitrogen and oxygen atoms in total. The number of aromatic nitrogens is 2. The number of furan rings is 1. The third-order valence-corrected chi connectivity index (χ3v) is 6.22. The van der Waals surface area contributed by atoms with Gasteiger partial charge in [0.25, 0.3) is 10.0 Å². The first-order valence-corrected chi connectivity index (χ1v) is 10.7. The van der Waals surface area contributed by atoms with Crippen LogP contribution in [-0.2, 0) is 26.2 Å². The monoisotopic (exact) mass is 447 g/mol. The summed E-state index contributed by atoms with van der Waals surface area (Å²) in [5.41, 5.74) is 2.90. The second-order valence-electron chi connectivity index (χ2n) is 6.92. The number of nitrogens with zero attached hydrogens (tertiary/aromatic N) is 3. The van der Waals surface area contributed by atoms with Crippen LogP contribution in [0.15, 0.2) is 52.0 Å². The van der Waals surface area contributed by atoms with E-state index in [4.69, 9.17) is 9.15 Å². The largest absolute Gasteiger partial charge is 0.454 e. The Hall–Kier alpha value is -3.24. The fourth-order valence-corrected chi connectivity index (χ4v) is 3.64. The Kier molecular flexibility index (Phi) is 6.42. The molecule has 0 atom stereocenters. The molecule has 0 N–H and O–H groups in total. The molecule has 3 aromatic rings. The summed E-state index contributed by atoms with van der Waals surface area (Å²) in [6.45, 7) is 3.43. The molecule has 10 heteroatoms. The van der Waals surface area contributed by atoms with Crippen LogP contribution in [0.4, 0.5) is 4.39 Å². The van der Waals surface area contributed by atoms with Crippen molar-refractivity contribution in [2.75, 3.05) is 14.1 Å². The van der Waals surface area contributed by atoms with Gasteiger partial charge in [0.15, 0.2) is 0 Å². The van der Waals surface area contributed by atoms with Crippen molar-refractivity contribution in [2.24, 2.45) is 0 Å². The number of rotatable bonds is 7.